The van der Waals surface area contributed by atoms with E-state index in [9.17, 15) is 19.5 Å². The zero-order chi connectivity index (χ0) is 18.4. The van der Waals surface area contributed by atoms with Crippen molar-refractivity contribution in [1.82, 2.24) is 0 Å². The second-order valence-corrected chi connectivity index (χ2v) is 8.06. The highest BCUT2D eigenvalue weighted by Gasteiger charge is 2.61. The fourth-order valence-corrected chi connectivity index (χ4v) is 5.02. The van der Waals surface area contributed by atoms with Crippen LogP contribution < -0.4 is 0 Å². The summed E-state index contributed by atoms with van der Waals surface area (Å²) in [7, 11) is 0. The number of hydrogen-bond acceptors (Lipinski definition) is 6. The van der Waals surface area contributed by atoms with Crippen LogP contribution in [0.5, 0.6) is 0 Å². The summed E-state index contributed by atoms with van der Waals surface area (Å²) < 4.78 is 11.3. The van der Waals surface area contributed by atoms with Gasteiger partial charge in [0.25, 0.3) is 0 Å². The predicted molar refractivity (Wildman–Crippen MR) is 88.3 cm³/mol. The number of carbonyl (C=O) groups excluding carboxylic acids is 3. The molecule has 0 amide bonds. The number of fused-ring (bicyclic) bond motifs is 3. The zero-order valence-corrected chi connectivity index (χ0v) is 14.8. The molecule has 3 fully saturated rings. The van der Waals surface area contributed by atoms with Crippen LogP contribution in [0.25, 0.3) is 0 Å². The van der Waals surface area contributed by atoms with Crippen molar-refractivity contribution < 1.29 is 29.0 Å². The van der Waals surface area contributed by atoms with Crippen LogP contribution in [0.2, 0.25) is 0 Å². The number of carbonyl (C=O) groups is 3. The molecular weight excluding hydrogens is 324 g/mol. The third-order valence-corrected chi connectivity index (χ3v) is 6.35. The maximum Gasteiger partial charge on any atom is 0.334 e. The Morgan fingerprint density at radius 1 is 1.56 bits per heavy atom. The Bertz CT molecular complexity index is 599. The Balaban J connectivity index is 1.93. The first-order chi connectivity index (χ1) is 11.8. The van der Waals surface area contributed by atoms with Crippen molar-refractivity contribution in [3.05, 3.63) is 12.2 Å². The van der Waals surface area contributed by atoms with Gasteiger partial charge in [0.05, 0.1) is 18.4 Å². The Morgan fingerprint density at radius 3 is 2.92 bits per heavy atom. The minimum absolute atomic E-state index is 0.0721. The molecule has 1 N–H and O–H groups in total. The molecule has 2 saturated carbocycles. The molecular formula is C19H26O6. The molecule has 0 bridgehead atoms. The van der Waals surface area contributed by atoms with Crippen molar-refractivity contribution in [3.63, 3.8) is 0 Å². The van der Waals surface area contributed by atoms with Gasteiger partial charge in [0.15, 0.2) is 0 Å². The predicted octanol–water partition coefficient (Wildman–Crippen LogP) is 1.65. The van der Waals surface area contributed by atoms with E-state index < -0.39 is 36.0 Å². The molecule has 1 saturated heterocycles. The lowest BCUT2D eigenvalue weighted by molar-refractivity contribution is -0.181. The third-order valence-electron chi connectivity index (χ3n) is 6.35. The maximum absolute atomic E-state index is 12.2. The lowest BCUT2D eigenvalue weighted by Gasteiger charge is -2.53. The number of rotatable bonds is 4. The SMILES string of the molecule is C=C1C(=O)OC2C1C(OC(=O)C(C)CO)CC1(C)CCCC(C=O)C21. The van der Waals surface area contributed by atoms with E-state index in [1.165, 1.54) is 0 Å². The summed E-state index contributed by atoms with van der Waals surface area (Å²) in [6.07, 6.45) is 3.18. The van der Waals surface area contributed by atoms with E-state index >= 15 is 0 Å². The number of hydrogen-bond donors (Lipinski definition) is 1. The van der Waals surface area contributed by atoms with Crippen LogP contribution in [0, 0.1) is 29.1 Å². The van der Waals surface area contributed by atoms with Crippen molar-refractivity contribution in [2.75, 3.05) is 6.61 Å². The minimum atomic E-state index is -0.621. The second-order valence-electron chi connectivity index (χ2n) is 8.06. The number of aliphatic hydroxyl groups excluding tert-OH is 1. The average Bonchev–Trinajstić information content (AvgIpc) is 2.87. The van der Waals surface area contributed by atoms with Crippen molar-refractivity contribution in [2.24, 2.45) is 29.1 Å². The molecule has 1 heterocycles. The van der Waals surface area contributed by atoms with Gasteiger partial charge in [0, 0.05) is 17.4 Å². The summed E-state index contributed by atoms with van der Waals surface area (Å²) in [6.45, 7) is 7.25. The first-order valence-corrected chi connectivity index (χ1v) is 8.99. The molecule has 7 atom stereocenters. The summed E-state index contributed by atoms with van der Waals surface area (Å²) in [5.41, 5.74) is 0.0836. The van der Waals surface area contributed by atoms with Crippen molar-refractivity contribution in [1.29, 1.82) is 0 Å². The molecule has 138 valence electrons. The molecule has 7 unspecified atom stereocenters. The summed E-state index contributed by atoms with van der Waals surface area (Å²) in [5.74, 6) is -2.21. The smallest absolute Gasteiger partial charge is 0.334 e. The molecule has 3 rings (SSSR count). The van der Waals surface area contributed by atoms with Gasteiger partial charge in [-0.2, -0.15) is 0 Å². The molecule has 25 heavy (non-hydrogen) atoms. The van der Waals surface area contributed by atoms with E-state index in [4.69, 9.17) is 9.47 Å². The molecule has 2 aliphatic carbocycles. The fourth-order valence-electron chi connectivity index (χ4n) is 5.02. The topological polar surface area (TPSA) is 89.9 Å². The number of aldehydes is 1. The number of esters is 2. The van der Waals surface area contributed by atoms with E-state index in [2.05, 4.69) is 13.5 Å². The van der Waals surface area contributed by atoms with Gasteiger partial charge in [0.2, 0.25) is 0 Å². The van der Waals surface area contributed by atoms with E-state index in [0.717, 1.165) is 25.5 Å². The maximum atomic E-state index is 12.2. The summed E-state index contributed by atoms with van der Waals surface area (Å²) in [5, 5.41) is 9.18. The van der Waals surface area contributed by atoms with E-state index in [0.29, 0.717) is 12.0 Å². The lowest BCUT2D eigenvalue weighted by atomic mass is 9.53. The van der Waals surface area contributed by atoms with Gasteiger partial charge >= 0.3 is 11.9 Å². The molecule has 1 aliphatic heterocycles. The van der Waals surface area contributed by atoms with E-state index in [-0.39, 0.29) is 23.9 Å². The molecule has 0 aromatic rings. The molecule has 0 radical (unpaired) electrons. The molecule has 6 heteroatoms. The van der Waals surface area contributed by atoms with Crippen molar-refractivity contribution in [3.8, 4) is 0 Å². The Morgan fingerprint density at radius 2 is 2.28 bits per heavy atom. The van der Waals surface area contributed by atoms with E-state index in [1.807, 2.05) is 0 Å². The van der Waals surface area contributed by atoms with Gasteiger partial charge in [-0.05, 0) is 31.6 Å². The largest absolute Gasteiger partial charge is 0.461 e. The van der Waals surface area contributed by atoms with Crippen LogP contribution in [-0.2, 0) is 23.9 Å². The monoisotopic (exact) mass is 350 g/mol. The van der Waals surface area contributed by atoms with Crippen molar-refractivity contribution >= 4 is 18.2 Å². The van der Waals surface area contributed by atoms with Crippen LogP contribution in [0.4, 0.5) is 0 Å². The molecule has 6 nitrogen and oxygen atoms in total. The van der Waals surface area contributed by atoms with Gasteiger partial charge < -0.3 is 19.4 Å². The fraction of sp³-hybridized carbons (Fsp3) is 0.737. The Hall–Kier alpha value is -1.69. The second kappa shape index (κ2) is 6.56. The van der Waals surface area contributed by atoms with Crippen LogP contribution in [0.15, 0.2) is 12.2 Å². The summed E-state index contributed by atoms with van der Waals surface area (Å²) >= 11 is 0. The highest BCUT2D eigenvalue weighted by Crippen LogP contribution is 2.58. The van der Waals surface area contributed by atoms with Gasteiger partial charge in [-0.15, -0.1) is 0 Å². The highest BCUT2D eigenvalue weighted by molar-refractivity contribution is 5.91. The van der Waals surface area contributed by atoms with Crippen molar-refractivity contribution in [2.45, 2.75) is 51.7 Å². The average molecular weight is 350 g/mol. The quantitative estimate of drug-likeness (QED) is 0.471. The standard InChI is InChI=1S/C19H26O6/c1-10(8-20)17(22)24-13-7-19(3)6-4-5-12(9-21)15(19)16-14(13)11(2)18(23)25-16/h9-10,12-16,20H,2,4-8H2,1,3H3. The lowest BCUT2D eigenvalue weighted by Crippen LogP contribution is -2.56. The van der Waals surface area contributed by atoms with Gasteiger partial charge in [0.1, 0.15) is 18.5 Å². The first-order valence-electron chi connectivity index (χ1n) is 8.99. The number of ether oxygens (including phenoxy) is 2. The van der Waals surface area contributed by atoms with Crippen LogP contribution in [0.1, 0.15) is 39.5 Å². The zero-order valence-electron chi connectivity index (χ0n) is 14.8. The summed E-state index contributed by atoms with van der Waals surface area (Å²) in [6, 6.07) is 0. The Labute approximate surface area is 147 Å². The molecule has 0 aromatic heterocycles. The van der Waals surface area contributed by atoms with Gasteiger partial charge in [-0.25, -0.2) is 4.79 Å². The normalized spacial score (nSPS) is 41.3. The molecule has 3 aliphatic rings. The minimum Gasteiger partial charge on any atom is -0.461 e. The number of aliphatic hydroxyl groups is 1. The van der Waals surface area contributed by atoms with Crippen LogP contribution in [0.3, 0.4) is 0 Å². The van der Waals surface area contributed by atoms with Gasteiger partial charge in [-0.1, -0.05) is 19.9 Å². The van der Waals surface area contributed by atoms with Gasteiger partial charge in [-0.3, -0.25) is 4.79 Å². The third kappa shape index (κ3) is 2.90. The first kappa shape index (κ1) is 18.1. The summed E-state index contributed by atoms with van der Waals surface area (Å²) in [4.78, 5) is 36.0. The van der Waals surface area contributed by atoms with Crippen LogP contribution in [-0.4, -0.2) is 42.1 Å². The molecule has 0 aromatic carbocycles. The van der Waals surface area contributed by atoms with E-state index in [1.54, 1.807) is 6.92 Å². The van der Waals surface area contributed by atoms with Crippen LogP contribution >= 0.6 is 0 Å². The highest BCUT2D eigenvalue weighted by atomic mass is 16.6. The Kier molecular flexibility index (Phi) is 4.75. The molecule has 0 spiro atoms.